The van der Waals surface area contributed by atoms with Crippen LogP contribution in [-0.4, -0.2) is 37.1 Å². The van der Waals surface area contributed by atoms with Gasteiger partial charge in [-0.25, -0.2) is 0 Å². The zero-order valence-electron chi connectivity index (χ0n) is 10.0. The number of hydrogen-bond acceptors (Lipinski definition) is 4. The number of ether oxygens (including phenoxy) is 2. The molecule has 0 saturated carbocycles. The molecule has 1 heterocycles. The van der Waals surface area contributed by atoms with Gasteiger partial charge in [0.25, 0.3) is 0 Å². The first-order valence-corrected chi connectivity index (χ1v) is 5.51. The monoisotopic (exact) mass is 250 g/mol. The summed E-state index contributed by atoms with van der Waals surface area (Å²) in [6.07, 6.45) is 0.617. The summed E-state index contributed by atoms with van der Waals surface area (Å²) in [5.74, 6) is -0.198. The molecule has 0 fully saturated rings. The summed E-state index contributed by atoms with van der Waals surface area (Å²) in [4.78, 5) is 23.3. The Morgan fingerprint density at radius 3 is 2.78 bits per heavy atom. The molecule has 2 amide bonds. The predicted octanol–water partition coefficient (Wildman–Crippen LogP) is -0.0985. The van der Waals surface area contributed by atoms with Gasteiger partial charge in [-0.2, -0.15) is 0 Å². The number of primary amides is 1. The van der Waals surface area contributed by atoms with Crippen LogP contribution in [0.15, 0.2) is 18.2 Å². The van der Waals surface area contributed by atoms with Crippen LogP contribution >= 0.6 is 0 Å². The summed E-state index contributed by atoms with van der Waals surface area (Å²) in [6, 6.07) is 5.59. The number of amides is 2. The average Bonchev–Trinajstić information content (AvgIpc) is 2.82. The molecule has 1 aliphatic heterocycles. The highest BCUT2D eigenvalue weighted by atomic mass is 16.7. The molecule has 0 unspecified atom stereocenters. The second-order valence-corrected chi connectivity index (χ2v) is 4.03. The molecule has 18 heavy (non-hydrogen) atoms. The highest BCUT2D eigenvalue weighted by Gasteiger charge is 2.16. The van der Waals surface area contributed by atoms with Gasteiger partial charge in [-0.3, -0.25) is 9.59 Å². The molecule has 0 spiro atoms. The first-order valence-electron chi connectivity index (χ1n) is 5.51. The molecule has 6 nitrogen and oxygen atoms in total. The van der Waals surface area contributed by atoms with Gasteiger partial charge in [-0.05, 0) is 24.1 Å². The van der Waals surface area contributed by atoms with E-state index < -0.39 is 11.8 Å². The Balaban J connectivity index is 1.94. The molecular formula is C12H14N2O4. The van der Waals surface area contributed by atoms with Crippen molar-refractivity contribution >= 4 is 11.8 Å². The van der Waals surface area contributed by atoms with Crippen molar-refractivity contribution in [1.29, 1.82) is 0 Å². The maximum atomic E-state index is 11.3. The third-order valence-corrected chi connectivity index (χ3v) is 2.73. The van der Waals surface area contributed by atoms with Gasteiger partial charge in [0.05, 0.1) is 0 Å². The molecule has 6 heteroatoms. The van der Waals surface area contributed by atoms with Crippen molar-refractivity contribution in [3.8, 4) is 11.5 Å². The summed E-state index contributed by atoms with van der Waals surface area (Å²) in [6.45, 7) is 0.653. The second-order valence-electron chi connectivity index (χ2n) is 4.03. The summed E-state index contributed by atoms with van der Waals surface area (Å²) >= 11 is 0. The minimum absolute atomic E-state index is 0.235. The quantitative estimate of drug-likeness (QED) is 0.759. The molecule has 0 atom stereocenters. The third kappa shape index (κ3) is 2.53. The maximum absolute atomic E-state index is 11.3. The zero-order valence-corrected chi connectivity index (χ0v) is 10.0. The van der Waals surface area contributed by atoms with E-state index in [4.69, 9.17) is 15.2 Å². The summed E-state index contributed by atoms with van der Waals surface area (Å²) in [5, 5.41) is 0. The molecule has 1 aromatic carbocycles. The van der Waals surface area contributed by atoms with E-state index in [1.165, 1.54) is 4.90 Å². The Morgan fingerprint density at radius 2 is 2.06 bits per heavy atom. The van der Waals surface area contributed by atoms with Crippen molar-refractivity contribution in [2.75, 3.05) is 20.4 Å². The number of benzene rings is 1. The number of carbonyl (C=O) groups excluding carboxylic acids is 2. The highest BCUT2D eigenvalue weighted by molar-refractivity contribution is 6.34. The standard InChI is InChI=1S/C12H14N2O4/c1-14(12(16)11(13)15)5-4-8-2-3-9-10(6-8)18-7-17-9/h2-3,6H,4-5,7H2,1H3,(H2,13,15). The lowest BCUT2D eigenvalue weighted by Gasteiger charge is -2.14. The highest BCUT2D eigenvalue weighted by Crippen LogP contribution is 2.32. The Bertz CT molecular complexity index is 487. The lowest BCUT2D eigenvalue weighted by molar-refractivity contribution is -0.143. The van der Waals surface area contributed by atoms with E-state index in [-0.39, 0.29) is 6.79 Å². The fourth-order valence-corrected chi connectivity index (χ4v) is 1.68. The van der Waals surface area contributed by atoms with Gasteiger partial charge < -0.3 is 20.1 Å². The van der Waals surface area contributed by atoms with Gasteiger partial charge in [0.2, 0.25) is 6.79 Å². The summed E-state index contributed by atoms with van der Waals surface area (Å²) < 4.78 is 10.5. The van der Waals surface area contributed by atoms with E-state index in [1.54, 1.807) is 7.05 Å². The van der Waals surface area contributed by atoms with Crippen molar-refractivity contribution < 1.29 is 19.1 Å². The number of nitrogens with zero attached hydrogens (tertiary/aromatic N) is 1. The third-order valence-electron chi connectivity index (χ3n) is 2.73. The van der Waals surface area contributed by atoms with Crippen LogP contribution in [0, 0.1) is 0 Å². The molecule has 1 aliphatic rings. The Hall–Kier alpha value is -2.24. The lowest BCUT2D eigenvalue weighted by atomic mass is 10.1. The van der Waals surface area contributed by atoms with E-state index in [0.29, 0.717) is 18.7 Å². The fourth-order valence-electron chi connectivity index (χ4n) is 1.68. The molecular weight excluding hydrogens is 236 g/mol. The fraction of sp³-hybridized carbons (Fsp3) is 0.333. The first kappa shape index (κ1) is 12.2. The van der Waals surface area contributed by atoms with E-state index in [0.717, 1.165) is 11.3 Å². The summed E-state index contributed by atoms with van der Waals surface area (Å²) in [7, 11) is 1.54. The Morgan fingerprint density at radius 1 is 1.33 bits per heavy atom. The molecule has 2 rings (SSSR count). The van der Waals surface area contributed by atoms with Crippen molar-refractivity contribution in [3.05, 3.63) is 23.8 Å². The smallest absolute Gasteiger partial charge is 0.311 e. The molecule has 0 aromatic heterocycles. The van der Waals surface area contributed by atoms with E-state index in [1.807, 2.05) is 18.2 Å². The van der Waals surface area contributed by atoms with E-state index >= 15 is 0 Å². The van der Waals surface area contributed by atoms with E-state index in [2.05, 4.69) is 0 Å². The van der Waals surface area contributed by atoms with E-state index in [9.17, 15) is 9.59 Å². The predicted molar refractivity (Wildman–Crippen MR) is 63.1 cm³/mol. The van der Waals surface area contributed by atoms with Crippen LogP contribution in [0.3, 0.4) is 0 Å². The van der Waals surface area contributed by atoms with Gasteiger partial charge in [-0.15, -0.1) is 0 Å². The first-order chi connectivity index (χ1) is 8.58. The topological polar surface area (TPSA) is 81.9 Å². The number of hydrogen-bond donors (Lipinski definition) is 1. The average molecular weight is 250 g/mol. The molecule has 1 aromatic rings. The number of carbonyl (C=O) groups is 2. The van der Waals surface area contributed by atoms with Crippen LogP contribution in [0.5, 0.6) is 11.5 Å². The van der Waals surface area contributed by atoms with Gasteiger partial charge in [0.15, 0.2) is 11.5 Å². The second kappa shape index (κ2) is 4.95. The SMILES string of the molecule is CN(CCc1ccc2c(c1)OCO2)C(=O)C(N)=O. The number of rotatable bonds is 3. The summed E-state index contributed by atoms with van der Waals surface area (Å²) in [5.41, 5.74) is 5.92. The van der Waals surface area contributed by atoms with Crippen LogP contribution in [0.1, 0.15) is 5.56 Å². The minimum atomic E-state index is -0.941. The van der Waals surface area contributed by atoms with Gasteiger partial charge in [0.1, 0.15) is 0 Å². The zero-order chi connectivity index (χ0) is 13.1. The van der Waals surface area contributed by atoms with Crippen LogP contribution in [0.2, 0.25) is 0 Å². The molecule has 0 aliphatic carbocycles. The lowest BCUT2D eigenvalue weighted by Crippen LogP contribution is -2.38. The molecule has 96 valence electrons. The normalized spacial score (nSPS) is 12.3. The number of nitrogens with two attached hydrogens (primary N) is 1. The minimum Gasteiger partial charge on any atom is -0.454 e. The largest absolute Gasteiger partial charge is 0.454 e. The van der Waals surface area contributed by atoms with Crippen molar-refractivity contribution in [3.63, 3.8) is 0 Å². The molecule has 0 saturated heterocycles. The number of likely N-dealkylation sites (N-methyl/N-ethyl adjacent to an activating group) is 1. The van der Waals surface area contributed by atoms with Crippen molar-refractivity contribution in [2.24, 2.45) is 5.73 Å². The van der Waals surface area contributed by atoms with Gasteiger partial charge in [-0.1, -0.05) is 6.07 Å². The molecule has 2 N–H and O–H groups in total. The van der Waals surface area contributed by atoms with Crippen LogP contribution in [-0.2, 0) is 16.0 Å². The van der Waals surface area contributed by atoms with Crippen LogP contribution in [0.25, 0.3) is 0 Å². The van der Waals surface area contributed by atoms with Crippen LogP contribution in [0.4, 0.5) is 0 Å². The van der Waals surface area contributed by atoms with Crippen molar-refractivity contribution in [1.82, 2.24) is 4.90 Å². The van der Waals surface area contributed by atoms with Gasteiger partial charge in [0, 0.05) is 13.6 Å². The maximum Gasteiger partial charge on any atom is 0.311 e. The Kier molecular flexibility index (Phi) is 3.36. The number of fused-ring (bicyclic) bond motifs is 1. The molecule has 0 radical (unpaired) electrons. The van der Waals surface area contributed by atoms with Crippen molar-refractivity contribution in [2.45, 2.75) is 6.42 Å². The Labute approximate surface area is 104 Å². The van der Waals surface area contributed by atoms with Crippen LogP contribution < -0.4 is 15.2 Å². The molecule has 0 bridgehead atoms. The van der Waals surface area contributed by atoms with Gasteiger partial charge >= 0.3 is 11.8 Å².